The summed E-state index contributed by atoms with van der Waals surface area (Å²) in [5.74, 6) is -1.27. The number of aliphatic hydroxyl groups is 1. The molecule has 0 aliphatic carbocycles. The maximum atomic E-state index is 13.4. The second-order valence-corrected chi connectivity index (χ2v) is 10.4. The molecule has 3 heterocycles. The summed E-state index contributed by atoms with van der Waals surface area (Å²) in [6.07, 6.45) is 2.96. The highest BCUT2D eigenvalue weighted by Crippen LogP contribution is 2.45. The summed E-state index contributed by atoms with van der Waals surface area (Å²) in [7, 11) is 0. The van der Waals surface area contributed by atoms with E-state index in [0.29, 0.717) is 27.8 Å². The highest BCUT2D eigenvalue weighted by molar-refractivity contribution is 8.00. The van der Waals surface area contributed by atoms with E-state index in [0.717, 1.165) is 5.56 Å². The molecule has 11 heteroatoms. The van der Waals surface area contributed by atoms with Crippen molar-refractivity contribution in [3.63, 3.8) is 0 Å². The largest absolute Gasteiger partial charge is 0.507 e. The van der Waals surface area contributed by atoms with Gasteiger partial charge < -0.3 is 14.9 Å². The first kappa shape index (κ1) is 25.4. The number of aromatic hydroxyl groups is 1. The molecule has 1 atom stereocenters. The quantitative estimate of drug-likeness (QED) is 0.104. The van der Waals surface area contributed by atoms with Crippen LogP contribution in [0.3, 0.4) is 0 Å². The Kier molecular flexibility index (Phi) is 7.38. The summed E-state index contributed by atoms with van der Waals surface area (Å²) in [5.41, 5.74) is 1.79. The zero-order valence-electron chi connectivity index (χ0n) is 20.1. The molecule has 9 nitrogen and oxygen atoms in total. The van der Waals surface area contributed by atoms with Gasteiger partial charge in [-0.05, 0) is 42.3 Å². The first-order valence-corrected chi connectivity index (χ1v) is 13.5. The van der Waals surface area contributed by atoms with Crippen molar-refractivity contribution in [3.05, 3.63) is 95.3 Å². The Balaban J connectivity index is 1.58. The zero-order valence-corrected chi connectivity index (χ0v) is 21.8. The van der Waals surface area contributed by atoms with Crippen LogP contribution in [0.5, 0.6) is 11.5 Å². The summed E-state index contributed by atoms with van der Waals surface area (Å²) in [5, 5.41) is 30.1. The molecule has 1 amide bonds. The van der Waals surface area contributed by atoms with Crippen LogP contribution in [-0.2, 0) is 15.3 Å². The van der Waals surface area contributed by atoms with Crippen molar-refractivity contribution in [3.8, 4) is 11.5 Å². The number of hydrogen-bond acceptors (Lipinski definition) is 10. The number of thioether (sulfide) groups is 1. The lowest BCUT2D eigenvalue weighted by atomic mass is 9.95. The number of Topliss-reactive ketones (excluding diaryl/α,β-unsaturated/α-hetero) is 1. The summed E-state index contributed by atoms with van der Waals surface area (Å²) < 4.78 is 6.16. The van der Waals surface area contributed by atoms with Gasteiger partial charge in [0.1, 0.15) is 5.76 Å². The molecule has 2 aromatic heterocycles. The van der Waals surface area contributed by atoms with Gasteiger partial charge in [-0.25, -0.2) is 0 Å². The number of phenols is 1. The van der Waals surface area contributed by atoms with E-state index in [1.807, 2.05) is 30.3 Å². The van der Waals surface area contributed by atoms with E-state index in [4.69, 9.17) is 4.74 Å². The number of phenolic OH excluding ortho intramolecular Hbond substituents is 1. The van der Waals surface area contributed by atoms with Crippen molar-refractivity contribution in [2.75, 3.05) is 11.5 Å². The predicted molar refractivity (Wildman–Crippen MR) is 144 cm³/mol. The van der Waals surface area contributed by atoms with Crippen molar-refractivity contribution in [1.82, 2.24) is 15.2 Å². The van der Waals surface area contributed by atoms with Crippen molar-refractivity contribution in [2.24, 2.45) is 0 Å². The highest BCUT2D eigenvalue weighted by atomic mass is 32.2. The number of hydrogen-bond donors (Lipinski definition) is 2. The molecule has 2 aromatic carbocycles. The highest BCUT2D eigenvalue weighted by Gasteiger charge is 2.48. The van der Waals surface area contributed by atoms with Gasteiger partial charge >= 0.3 is 5.91 Å². The second kappa shape index (κ2) is 11.0. The van der Waals surface area contributed by atoms with Gasteiger partial charge in [-0.1, -0.05) is 59.5 Å². The number of nitrogens with zero attached hydrogens (tertiary/aromatic N) is 4. The predicted octanol–water partition coefficient (Wildman–Crippen LogP) is 4.96. The lowest BCUT2D eigenvalue weighted by molar-refractivity contribution is -0.132. The van der Waals surface area contributed by atoms with Crippen LogP contribution in [0.2, 0.25) is 0 Å². The van der Waals surface area contributed by atoms with Crippen LogP contribution in [0.15, 0.2) is 83.0 Å². The number of ketones is 1. The van der Waals surface area contributed by atoms with E-state index >= 15 is 0 Å². The molecule has 4 aromatic rings. The molecule has 0 spiro atoms. The van der Waals surface area contributed by atoms with Gasteiger partial charge in [0.15, 0.2) is 15.8 Å². The Hall–Kier alpha value is -4.22. The average Bonchev–Trinajstić information content (AvgIpc) is 3.51. The monoisotopic (exact) mass is 546 g/mol. The number of aromatic nitrogens is 3. The van der Waals surface area contributed by atoms with Crippen molar-refractivity contribution < 1.29 is 24.5 Å². The van der Waals surface area contributed by atoms with E-state index in [-0.39, 0.29) is 28.0 Å². The standard InChI is InChI=1S/C27H22N4O5S2/c1-2-36-20-14-18(8-9-19(20)32)22-21(23(33)17-10-12-28-13-11-17)24(34)25(35)31(22)26-29-30-27(38-26)37-15-16-6-4-3-5-7-16/h3-14,22,32-33H,2,15H2,1H3/b23-21+. The molecule has 38 heavy (non-hydrogen) atoms. The van der Waals surface area contributed by atoms with Gasteiger partial charge in [0.2, 0.25) is 5.13 Å². The number of carbonyl (C=O) groups is 2. The summed E-state index contributed by atoms with van der Waals surface area (Å²) in [6, 6.07) is 16.5. The third-order valence-electron chi connectivity index (χ3n) is 5.80. The van der Waals surface area contributed by atoms with Gasteiger partial charge in [0.05, 0.1) is 18.2 Å². The molecular weight excluding hydrogens is 524 g/mol. The van der Waals surface area contributed by atoms with Crippen molar-refractivity contribution in [2.45, 2.75) is 23.1 Å². The zero-order chi connectivity index (χ0) is 26.6. The Morgan fingerprint density at radius 2 is 1.84 bits per heavy atom. The first-order chi connectivity index (χ1) is 18.5. The Morgan fingerprint density at radius 1 is 1.08 bits per heavy atom. The van der Waals surface area contributed by atoms with Crippen LogP contribution < -0.4 is 9.64 Å². The van der Waals surface area contributed by atoms with Crippen LogP contribution in [0.1, 0.15) is 29.7 Å². The molecule has 1 saturated heterocycles. The molecule has 1 fully saturated rings. The second-order valence-electron chi connectivity index (χ2n) is 8.19. The maximum absolute atomic E-state index is 13.4. The van der Waals surface area contributed by atoms with E-state index in [1.54, 1.807) is 31.2 Å². The maximum Gasteiger partial charge on any atom is 0.301 e. The SMILES string of the molecule is CCOc1cc(C2/C(=C(\O)c3ccncc3)C(=O)C(=O)N2c2nnc(SCc3ccccc3)s2)ccc1O. The van der Waals surface area contributed by atoms with E-state index in [9.17, 15) is 19.8 Å². The fourth-order valence-electron chi connectivity index (χ4n) is 4.06. The van der Waals surface area contributed by atoms with E-state index in [1.165, 1.54) is 46.5 Å². The fraction of sp³-hybridized carbons (Fsp3) is 0.148. The van der Waals surface area contributed by atoms with Crippen LogP contribution >= 0.6 is 23.1 Å². The van der Waals surface area contributed by atoms with Crippen LogP contribution in [0.4, 0.5) is 5.13 Å². The smallest absolute Gasteiger partial charge is 0.301 e. The van der Waals surface area contributed by atoms with Gasteiger partial charge in [0, 0.05) is 23.7 Å². The van der Waals surface area contributed by atoms with Crippen molar-refractivity contribution in [1.29, 1.82) is 0 Å². The molecule has 2 N–H and O–H groups in total. The lowest BCUT2D eigenvalue weighted by Crippen LogP contribution is -2.29. The number of benzene rings is 2. The average molecular weight is 547 g/mol. The minimum atomic E-state index is -1.03. The van der Waals surface area contributed by atoms with Gasteiger partial charge in [-0.15, -0.1) is 10.2 Å². The molecular formula is C27H22N4O5S2. The third-order valence-corrected chi connectivity index (χ3v) is 7.93. The molecule has 1 aliphatic heterocycles. The minimum Gasteiger partial charge on any atom is -0.507 e. The van der Waals surface area contributed by atoms with E-state index < -0.39 is 17.7 Å². The fourth-order valence-corrected chi connectivity index (χ4v) is 5.88. The number of aliphatic hydroxyl groups excluding tert-OH is 1. The lowest BCUT2D eigenvalue weighted by Gasteiger charge is -2.23. The molecule has 0 bridgehead atoms. The number of ether oxygens (including phenoxy) is 1. The normalized spacial score (nSPS) is 16.7. The van der Waals surface area contributed by atoms with Gasteiger partial charge in [0.25, 0.3) is 5.78 Å². The molecule has 0 saturated carbocycles. The Labute approximate surface area is 226 Å². The molecule has 192 valence electrons. The number of rotatable bonds is 8. The summed E-state index contributed by atoms with van der Waals surface area (Å²) >= 11 is 2.65. The molecule has 1 aliphatic rings. The topological polar surface area (TPSA) is 126 Å². The molecule has 1 unspecified atom stereocenters. The van der Waals surface area contributed by atoms with Crippen molar-refractivity contribution >= 4 is 45.7 Å². The minimum absolute atomic E-state index is 0.0859. The number of carbonyl (C=O) groups excluding carboxylic acids is 2. The van der Waals surface area contributed by atoms with Gasteiger partial charge in [-0.3, -0.25) is 19.5 Å². The summed E-state index contributed by atoms with van der Waals surface area (Å²) in [4.78, 5) is 31.9. The third kappa shape index (κ3) is 4.98. The molecule has 5 rings (SSSR count). The number of amides is 1. The van der Waals surface area contributed by atoms with Gasteiger partial charge in [-0.2, -0.15) is 0 Å². The number of pyridine rings is 1. The molecule has 0 radical (unpaired) electrons. The van der Waals surface area contributed by atoms with Crippen LogP contribution in [-0.4, -0.2) is 43.7 Å². The number of anilines is 1. The summed E-state index contributed by atoms with van der Waals surface area (Å²) in [6.45, 7) is 2.07. The Morgan fingerprint density at radius 3 is 2.58 bits per heavy atom. The first-order valence-electron chi connectivity index (χ1n) is 11.6. The van der Waals surface area contributed by atoms with Crippen LogP contribution in [0, 0.1) is 0 Å². The van der Waals surface area contributed by atoms with Crippen LogP contribution in [0.25, 0.3) is 5.76 Å². The van der Waals surface area contributed by atoms with E-state index in [2.05, 4.69) is 15.2 Å². The Bertz CT molecular complexity index is 1510.